The van der Waals surface area contributed by atoms with Crippen LogP contribution in [0.4, 0.5) is 11.4 Å². The number of likely N-dealkylation sites (tertiary alicyclic amines) is 1. The number of para-hydroxylation sites is 2. The van der Waals surface area contributed by atoms with Gasteiger partial charge in [-0.05, 0) is 98.1 Å². The van der Waals surface area contributed by atoms with Crippen molar-refractivity contribution in [3.63, 3.8) is 0 Å². The second-order valence-electron chi connectivity index (χ2n) is 18.2. The fourth-order valence-corrected chi connectivity index (χ4v) is 11.3. The lowest BCUT2D eigenvalue weighted by molar-refractivity contribution is -0.125. The number of nitriles is 2. The maximum atomic E-state index is 13.0. The number of benzene rings is 6. The molecule has 69 heavy (non-hydrogen) atoms. The number of anilines is 2. The summed E-state index contributed by atoms with van der Waals surface area (Å²) < 4.78 is 0. The first-order valence-electron chi connectivity index (χ1n) is 24.1. The number of piperidine rings is 2. The van der Waals surface area contributed by atoms with E-state index in [2.05, 4.69) is 107 Å². The van der Waals surface area contributed by atoms with Gasteiger partial charge in [-0.1, -0.05) is 174 Å². The van der Waals surface area contributed by atoms with Crippen LogP contribution in [0, 0.1) is 22.7 Å². The average molecular weight is 982 g/mol. The van der Waals surface area contributed by atoms with Crippen molar-refractivity contribution in [2.24, 2.45) is 0 Å². The van der Waals surface area contributed by atoms with E-state index < -0.39 is 16.4 Å². The van der Waals surface area contributed by atoms with Gasteiger partial charge in [-0.15, -0.1) is 0 Å². The zero-order valence-electron chi connectivity index (χ0n) is 39.2. The van der Waals surface area contributed by atoms with Gasteiger partial charge in [0.05, 0.1) is 25.5 Å². The van der Waals surface area contributed by atoms with E-state index in [0.717, 1.165) is 104 Å². The molecule has 0 radical (unpaired) electrons. The van der Waals surface area contributed by atoms with Crippen LogP contribution in [0.3, 0.4) is 0 Å². The molecule has 0 aliphatic carbocycles. The second kappa shape index (κ2) is 22.6. The molecule has 3 N–H and O–H groups in total. The zero-order valence-corrected chi connectivity index (χ0v) is 40.7. The molecule has 0 saturated carbocycles. The van der Waals surface area contributed by atoms with Crippen molar-refractivity contribution in [3.8, 4) is 12.1 Å². The molecule has 0 atom stereocenters. The number of rotatable bonds is 11. The molecular formula is C58H61BrN8O2. The van der Waals surface area contributed by atoms with Gasteiger partial charge in [0.25, 0.3) is 0 Å². The molecule has 352 valence electrons. The summed E-state index contributed by atoms with van der Waals surface area (Å²) >= 11 is 3.47. The Morgan fingerprint density at radius 3 is 1.17 bits per heavy atom. The van der Waals surface area contributed by atoms with E-state index in [1.54, 1.807) is 0 Å². The molecule has 4 saturated heterocycles. The van der Waals surface area contributed by atoms with Crippen LogP contribution in [0.2, 0.25) is 0 Å². The van der Waals surface area contributed by atoms with Gasteiger partial charge in [0.15, 0.2) is 0 Å². The zero-order chi connectivity index (χ0) is 48.0. The second-order valence-corrected chi connectivity index (χ2v) is 19.0. The lowest BCUT2D eigenvalue weighted by atomic mass is 9.73. The number of hydrogen-bond donors (Lipinski definition) is 3. The van der Waals surface area contributed by atoms with Gasteiger partial charge in [-0.3, -0.25) is 9.59 Å². The van der Waals surface area contributed by atoms with Gasteiger partial charge in [0.1, 0.15) is 21.9 Å². The highest BCUT2D eigenvalue weighted by Crippen LogP contribution is 2.40. The van der Waals surface area contributed by atoms with Crippen molar-refractivity contribution in [3.05, 3.63) is 204 Å². The van der Waals surface area contributed by atoms with Crippen LogP contribution in [0.5, 0.6) is 0 Å². The highest BCUT2D eigenvalue weighted by atomic mass is 79.9. The maximum absolute atomic E-state index is 13.0. The third kappa shape index (κ3) is 10.2. The molecule has 4 aliphatic heterocycles. The van der Waals surface area contributed by atoms with Crippen LogP contribution in [0.1, 0.15) is 60.8 Å². The number of carbonyl (C=O) groups excluding carboxylic acids is 2. The Morgan fingerprint density at radius 1 is 0.493 bits per heavy atom. The topological polar surface area (TPSA) is 128 Å². The Bertz CT molecular complexity index is 2570. The Balaban J connectivity index is 0.000000154. The van der Waals surface area contributed by atoms with E-state index >= 15 is 0 Å². The molecule has 0 bridgehead atoms. The molecule has 10 rings (SSSR count). The summed E-state index contributed by atoms with van der Waals surface area (Å²) in [5.41, 5.74) is 4.32. The lowest BCUT2D eigenvalue weighted by Crippen LogP contribution is -2.56. The molecule has 4 aliphatic rings. The lowest BCUT2D eigenvalue weighted by Gasteiger charge is -2.44. The van der Waals surface area contributed by atoms with Crippen LogP contribution in [0.15, 0.2) is 182 Å². The van der Waals surface area contributed by atoms with Gasteiger partial charge in [-0.25, -0.2) is 0 Å². The number of nitrogens with zero attached hydrogens (tertiary/aromatic N) is 5. The number of alkyl halides is 1. The Hall–Kier alpha value is -6.76. The van der Waals surface area contributed by atoms with E-state index in [0.29, 0.717) is 19.8 Å². The quantitative estimate of drug-likeness (QED) is 0.110. The van der Waals surface area contributed by atoms with E-state index in [1.807, 2.05) is 133 Å². The molecule has 2 spiro atoms. The minimum absolute atomic E-state index is 0.135. The number of hydrogen-bond acceptors (Lipinski definition) is 8. The molecule has 11 heteroatoms. The molecule has 0 aromatic heterocycles. The van der Waals surface area contributed by atoms with Crippen molar-refractivity contribution < 1.29 is 9.59 Å². The summed E-state index contributed by atoms with van der Waals surface area (Å²) in [6.07, 6.45) is 4.80. The predicted octanol–water partition coefficient (Wildman–Crippen LogP) is 9.30. The van der Waals surface area contributed by atoms with Crippen LogP contribution >= 0.6 is 15.9 Å². The molecule has 10 nitrogen and oxygen atoms in total. The normalized spacial score (nSPS) is 17.3. The molecule has 4 heterocycles. The number of carbonyl (C=O) groups is 2. The van der Waals surface area contributed by atoms with Gasteiger partial charge >= 0.3 is 0 Å². The van der Waals surface area contributed by atoms with Crippen molar-refractivity contribution >= 4 is 39.1 Å². The van der Waals surface area contributed by atoms with Crippen LogP contribution in [-0.2, 0) is 20.4 Å². The van der Waals surface area contributed by atoms with Gasteiger partial charge in [0, 0.05) is 36.3 Å². The first kappa shape index (κ1) is 48.7. The number of nitrogens with one attached hydrogen (secondary N) is 3. The smallest absolute Gasteiger partial charge is 0.247 e. The van der Waals surface area contributed by atoms with Gasteiger partial charge < -0.3 is 30.7 Å². The van der Waals surface area contributed by atoms with Gasteiger partial charge in [0.2, 0.25) is 11.8 Å². The van der Waals surface area contributed by atoms with E-state index in [1.165, 1.54) is 0 Å². The molecule has 6 aromatic rings. The van der Waals surface area contributed by atoms with Crippen LogP contribution in [0.25, 0.3) is 0 Å². The fourth-order valence-electron chi connectivity index (χ4n) is 10.7. The van der Waals surface area contributed by atoms with Gasteiger partial charge in [-0.2, -0.15) is 10.5 Å². The maximum Gasteiger partial charge on any atom is 0.247 e. The SMILES string of the molecule is N#CC(CCBr)(c1ccccc1)c1ccccc1.N#CC(CCN1CCC2(CC1)C(=O)NCN2c1ccccc1)(c1ccccc1)c1ccccc1.O=C1NCN(c2ccccc2)C12CCNCC2. The summed E-state index contributed by atoms with van der Waals surface area (Å²) in [7, 11) is 0. The molecule has 6 aromatic carbocycles. The molecule has 2 amide bonds. The molecule has 0 unspecified atom stereocenters. The van der Waals surface area contributed by atoms with Crippen molar-refractivity contribution in [2.45, 2.75) is 60.4 Å². The first-order valence-corrected chi connectivity index (χ1v) is 25.2. The summed E-state index contributed by atoms with van der Waals surface area (Å²) in [6.45, 7) is 5.49. The third-order valence-electron chi connectivity index (χ3n) is 14.6. The van der Waals surface area contributed by atoms with E-state index in [4.69, 9.17) is 0 Å². The minimum Gasteiger partial charge on any atom is -0.339 e. The average Bonchev–Trinajstić information content (AvgIpc) is 3.91. The number of halogens is 1. The summed E-state index contributed by atoms with van der Waals surface area (Å²) in [6, 6.07) is 65.8. The largest absolute Gasteiger partial charge is 0.339 e. The van der Waals surface area contributed by atoms with E-state index in [9.17, 15) is 20.1 Å². The van der Waals surface area contributed by atoms with Crippen LogP contribution < -0.4 is 25.8 Å². The fraction of sp³-hybridized carbons (Fsp3) is 0.310. The Labute approximate surface area is 416 Å². The predicted molar refractivity (Wildman–Crippen MR) is 279 cm³/mol. The third-order valence-corrected chi connectivity index (χ3v) is 15.0. The first-order chi connectivity index (χ1) is 33.8. The van der Waals surface area contributed by atoms with Crippen LogP contribution in [-0.4, -0.2) is 79.2 Å². The summed E-state index contributed by atoms with van der Waals surface area (Å²) in [5, 5.41) is 30.4. The van der Waals surface area contributed by atoms with E-state index in [-0.39, 0.29) is 17.4 Å². The highest BCUT2D eigenvalue weighted by molar-refractivity contribution is 9.09. The minimum atomic E-state index is -0.696. The van der Waals surface area contributed by atoms with Crippen molar-refractivity contribution in [1.82, 2.24) is 20.9 Å². The standard InChI is InChI=1S/C29H30N4O.C16H14BrN.C13H17N3O/c30-22-28(24-10-4-1-5-11-24,25-12-6-2-7-13-25)16-19-32-20-17-29(18-21-32)27(34)31-23-33(29)26-14-8-3-9-15-26;17-12-11-16(13-18,14-7-3-1-4-8-14)15-9-5-2-6-10-15;17-12-13(6-8-14-9-7-13)16(10-15-12)11-4-2-1-3-5-11/h1-15H,16-21,23H2,(H,31,34);1-10H,11-12H2;1-5,14H,6-10H2,(H,15,17). The molecule has 4 fully saturated rings. The number of amides is 2. The summed E-state index contributed by atoms with van der Waals surface area (Å²) in [5.74, 6) is 0.318. The van der Waals surface area contributed by atoms with Crippen molar-refractivity contribution in [1.29, 1.82) is 10.5 Å². The highest BCUT2D eigenvalue weighted by Gasteiger charge is 2.51. The molecular weight excluding hydrogens is 921 g/mol. The Kier molecular flexibility index (Phi) is 15.9. The van der Waals surface area contributed by atoms with Crippen molar-refractivity contribution in [2.75, 3.05) is 61.2 Å². The monoisotopic (exact) mass is 980 g/mol. The summed E-state index contributed by atoms with van der Waals surface area (Å²) in [4.78, 5) is 32.0. The Morgan fingerprint density at radius 2 is 0.826 bits per heavy atom.